The molecule has 2 aliphatic heterocycles. The van der Waals surface area contributed by atoms with Gasteiger partial charge in [-0.25, -0.2) is 4.79 Å². The predicted molar refractivity (Wildman–Crippen MR) is 30.2 cm³/mol. The lowest BCUT2D eigenvalue weighted by Crippen LogP contribution is -2.40. The molecule has 0 amide bonds. The molecule has 0 radical (unpaired) electrons. The van der Waals surface area contributed by atoms with Crippen molar-refractivity contribution >= 4 is 5.97 Å². The van der Waals surface area contributed by atoms with Crippen molar-refractivity contribution in [2.45, 2.75) is 31.3 Å². The van der Waals surface area contributed by atoms with Crippen molar-refractivity contribution in [2.75, 3.05) is 0 Å². The number of epoxide rings is 1. The topological polar surface area (TPSA) is 59.1 Å². The number of ether oxygens (including phenoxy) is 2. The Labute approximate surface area is 57.7 Å². The van der Waals surface area contributed by atoms with Gasteiger partial charge in [0.1, 0.15) is 18.3 Å². The van der Waals surface area contributed by atoms with Gasteiger partial charge in [-0.1, -0.05) is 0 Å². The molecule has 0 aromatic heterocycles. The van der Waals surface area contributed by atoms with Gasteiger partial charge in [-0.15, -0.1) is 0 Å². The van der Waals surface area contributed by atoms with Gasteiger partial charge in [0, 0.05) is 0 Å². The highest BCUT2D eigenvalue weighted by Crippen LogP contribution is 2.33. The molecule has 56 valence electrons. The molecule has 4 atom stereocenters. The number of rotatable bonds is 0. The maximum Gasteiger partial charge on any atom is 0.338 e. The normalized spacial score (nSPS) is 51.6. The van der Waals surface area contributed by atoms with E-state index in [0.717, 1.165) is 0 Å². The summed E-state index contributed by atoms with van der Waals surface area (Å²) in [7, 11) is 0. The first-order valence-electron chi connectivity index (χ1n) is 3.24. The van der Waals surface area contributed by atoms with Crippen LogP contribution in [0.2, 0.25) is 0 Å². The van der Waals surface area contributed by atoms with E-state index in [9.17, 15) is 9.90 Å². The van der Waals surface area contributed by atoms with Crippen LogP contribution < -0.4 is 0 Å². The summed E-state index contributed by atoms with van der Waals surface area (Å²) in [5.41, 5.74) is 0. The van der Waals surface area contributed by atoms with Crippen molar-refractivity contribution in [3.63, 3.8) is 0 Å². The van der Waals surface area contributed by atoms with Gasteiger partial charge in [0.05, 0.1) is 0 Å². The van der Waals surface area contributed by atoms with E-state index in [-0.39, 0.29) is 12.1 Å². The molecule has 4 heteroatoms. The first kappa shape index (κ1) is 6.12. The van der Waals surface area contributed by atoms with Crippen LogP contribution >= 0.6 is 0 Å². The minimum Gasteiger partial charge on any atom is -0.458 e. The van der Waals surface area contributed by atoms with E-state index >= 15 is 0 Å². The molecule has 2 fully saturated rings. The number of esters is 1. The standard InChI is InChI=1S/C6H8O4/c1-2-3(7)4-5(10-4)6(8)9-2/h2-5,7H,1H3/t2?,3?,4?,5-/m1/s1. The zero-order valence-corrected chi connectivity index (χ0v) is 5.48. The van der Waals surface area contributed by atoms with E-state index in [4.69, 9.17) is 9.47 Å². The van der Waals surface area contributed by atoms with Crippen molar-refractivity contribution in [1.29, 1.82) is 0 Å². The number of carbonyl (C=O) groups is 1. The first-order chi connectivity index (χ1) is 4.70. The van der Waals surface area contributed by atoms with E-state index in [1.54, 1.807) is 6.92 Å². The number of hydrogen-bond acceptors (Lipinski definition) is 4. The van der Waals surface area contributed by atoms with Gasteiger partial charge in [-0.2, -0.15) is 0 Å². The fourth-order valence-corrected chi connectivity index (χ4v) is 1.16. The molecule has 0 spiro atoms. The van der Waals surface area contributed by atoms with E-state index in [1.807, 2.05) is 0 Å². The molecule has 0 aliphatic carbocycles. The average molecular weight is 144 g/mol. The SMILES string of the molecule is CC1OC(=O)[C@@H]2OC2C1O. The summed E-state index contributed by atoms with van der Waals surface area (Å²) in [6.07, 6.45) is -1.83. The van der Waals surface area contributed by atoms with Gasteiger partial charge < -0.3 is 14.6 Å². The van der Waals surface area contributed by atoms with Gasteiger partial charge in [-0.05, 0) is 6.92 Å². The molecule has 2 rings (SSSR count). The minimum absolute atomic E-state index is 0.295. The Bertz CT molecular complexity index is 177. The summed E-state index contributed by atoms with van der Waals surface area (Å²) in [4.78, 5) is 10.7. The molecule has 4 nitrogen and oxygen atoms in total. The molecule has 2 heterocycles. The quantitative estimate of drug-likeness (QED) is 0.352. The predicted octanol–water partition coefficient (Wildman–Crippen LogP) is -0.940. The molecule has 2 aliphatic rings. The molecule has 0 aromatic carbocycles. The third-order valence-corrected chi connectivity index (χ3v) is 1.88. The van der Waals surface area contributed by atoms with E-state index in [1.165, 1.54) is 0 Å². The van der Waals surface area contributed by atoms with Gasteiger partial charge in [-0.3, -0.25) is 0 Å². The van der Waals surface area contributed by atoms with Crippen molar-refractivity contribution < 1.29 is 19.4 Å². The molecule has 1 N–H and O–H groups in total. The zero-order chi connectivity index (χ0) is 7.30. The number of cyclic esters (lactones) is 1. The van der Waals surface area contributed by atoms with Crippen LogP contribution in [0, 0.1) is 0 Å². The van der Waals surface area contributed by atoms with Crippen LogP contribution in [0.1, 0.15) is 6.92 Å². The Kier molecular flexibility index (Phi) is 1.04. The summed E-state index contributed by atoms with van der Waals surface area (Å²) in [6.45, 7) is 1.65. The number of aliphatic hydroxyl groups excluding tert-OH is 1. The van der Waals surface area contributed by atoms with Crippen LogP contribution in [0.4, 0.5) is 0 Å². The second-order valence-electron chi connectivity index (χ2n) is 2.65. The van der Waals surface area contributed by atoms with Crippen LogP contribution in [-0.2, 0) is 14.3 Å². The third kappa shape index (κ3) is 0.660. The Morgan fingerprint density at radius 3 is 3.00 bits per heavy atom. The van der Waals surface area contributed by atoms with Crippen molar-refractivity contribution in [3.8, 4) is 0 Å². The second kappa shape index (κ2) is 1.71. The molecular formula is C6H8O4. The fraction of sp³-hybridized carbons (Fsp3) is 0.833. The summed E-state index contributed by atoms with van der Waals surface area (Å²) in [5.74, 6) is -0.345. The van der Waals surface area contributed by atoms with Crippen molar-refractivity contribution in [2.24, 2.45) is 0 Å². The molecule has 0 aromatic rings. The molecule has 0 saturated carbocycles. The summed E-state index contributed by atoms with van der Waals surface area (Å²) in [6, 6.07) is 0. The maximum absolute atomic E-state index is 10.7. The molecule has 2 saturated heterocycles. The Hall–Kier alpha value is -0.610. The largest absolute Gasteiger partial charge is 0.458 e. The Morgan fingerprint density at radius 1 is 1.60 bits per heavy atom. The van der Waals surface area contributed by atoms with Crippen LogP contribution in [0.15, 0.2) is 0 Å². The molecular weight excluding hydrogens is 136 g/mol. The highest BCUT2D eigenvalue weighted by molar-refractivity contribution is 5.79. The monoisotopic (exact) mass is 144 g/mol. The number of hydrogen-bond donors (Lipinski definition) is 1. The van der Waals surface area contributed by atoms with E-state index in [0.29, 0.717) is 0 Å². The maximum atomic E-state index is 10.7. The highest BCUT2D eigenvalue weighted by Gasteiger charge is 2.57. The Morgan fingerprint density at radius 2 is 2.30 bits per heavy atom. The lowest BCUT2D eigenvalue weighted by molar-refractivity contribution is -0.157. The van der Waals surface area contributed by atoms with E-state index in [2.05, 4.69) is 0 Å². The second-order valence-corrected chi connectivity index (χ2v) is 2.65. The van der Waals surface area contributed by atoms with Gasteiger partial charge in [0.2, 0.25) is 0 Å². The van der Waals surface area contributed by atoms with Crippen LogP contribution in [-0.4, -0.2) is 35.5 Å². The Balaban J connectivity index is 2.12. The lowest BCUT2D eigenvalue weighted by Gasteiger charge is -2.20. The molecule has 10 heavy (non-hydrogen) atoms. The summed E-state index contributed by atoms with van der Waals surface area (Å²) in [5, 5.41) is 9.20. The van der Waals surface area contributed by atoms with Gasteiger partial charge >= 0.3 is 5.97 Å². The summed E-state index contributed by atoms with van der Waals surface area (Å²) >= 11 is 0. The smallest absolute Gasteiger partial charge is 0.338 e. The van der Waals surface area contributed by atoms with E-state index < -0.39 is 18.3 Å². The van der Waals surface area contributed by atoms with Gasteiger partial charge in [0.15, 0.2) is 6.10 Å². The number of fused-ring (bicyclic) bond motifs is 1. The third-order valence-electron chi connectivity index (χ3n) is 1.88. The van der Waals surface area contributed by atoms with Crippen LogP contribution in [0.25, 0.3) is 0 Å². The number of aliphatic hydroxyl groups is 1. The zero-order valence-electron chi connectivity index (χ0n) is 5.48. The molecule has 0 bridgehead atoms. The minimum atomic E-state index is -0.636. The van der Waals surface area contributed by atoms with Crippen molar-refractivity contribution in [3.05, 3.63) is 0 Å². The van der Waals surface area contributed by atoms with Crippen molar-refractivity contribution in [1.82, 2.24) is 0 Å². The average Bonchev–Trinajstić information content (AvgIpc) is 2.61. The summed E-state index contributed by atoms with van der Waals surface area (Å²) < 4.78 is 9.59. The van der Waals surface area contributed by atoms with Gasteiger partial charge in [0.25, 0.3) is 0 Å². The highest BCUT2D eigenvalue weighted by atomic mass is 16.7. The number of carbonyl (C=O) groups excluding carboxylic acids is 1. The molecule has 3 unspecified atom stereocenters. The first-order valence-corrected chi connectivity index (χ1v) is 3.24. The van der Waals surface area contributed by atoms with Crippen LogP contribution in [0.5, 0.6) is 0 Å². The fourth-order valence-electron chi connectivity index (χ4n) is 1.16. The van der Waals surface area contributed by atoms with Crippen LogP contribution in [0.3, 0.4) is 0 Å². The lowest BCUT2D eigenvalue weighted by atomic mass is 10.1.